The molecule has 2 heterocycles. The summed E-state index contributed by atoms with van der Waals surface area (Å²) in [6.07, 6.45) is 5.42. The average molecular weight is 409 g/mol. The number of anilines is 2. The van der Waals surface area contributed by atoms with Gasteiger partial charge in [-0.3, -0.25) is 4.98 Å². The predicted octanol–water partition coefficient (Wildman–Crippen LogP) is 6.25. The third kappa shape index (κ3) is 3.83. The molecule has 0 radical (unpaired) electrons. The standard InChI is InChI=1S/C21H17ClN4OS/c1-28-16-4-2-3-15(12-16)24-21(27)26-20-17-11-14(22)5-6-18(17)25-19(20)13-7-9-23-10-8-13/h2-12,25H,1H3,(H2,24,26,27). The first-order valence-electron chi connectivity index (χ1n) is 8.58. The number of urea groups is 1. The number of hydrogen-bond acceptors (Lipinski definition) is 3. The zero-order chi connectivity index (χ0) is 19.5. The summed E-state index contributed by atoms with van der Waals surface area (Å²) in [7, 11) is 0. The van der Waals surface area contributed by atoms with Crippen molar-refractivity contribution in [2.45, 2.75) is 4.90 Å². The molecule has 0 atom stereocenters. The highest BCUT2D eigenvalue weighted by Crippen LogP contribution is 2.36. The highest BCUT2D eigenvalue weighted by molar-refractivity contribution is 7.98. The van der Waals surface area contributed by atoms with Crippen LogP contribution in [-0.4, -0.2) is 22.3 Å². The van der Waals surface area contributed by atoms with Crippen molar-refractivity contribution in [3.8, 4) is 11.3 Å². The minimum absolute atomic E-state index is 0.325. The lowest BCUT2D eigenvalue weighted by atomic mass is 10.1. The molecule has 28 heavy (non-hydrogen) atoms. The molecule has 0 aliphatic carbocycles. The predicted molar refractivity (Wildman–Crippen MR) is 117 cm³/mol. The molecule has 4 rings (SSSR count). The lowest BCUT2D eigenvalue weighted by Crippen LogP contribution is -2.19. The molecule has 140 valence electrons. The molecule has 2 aromatic carbocycles. The van der Waals surface area contributed by atoms with E-state index in [1.165, 1.54) is 0 Å². The van der Waals surface area contributed by atoms with E-state index >= 15 is 0 Å². The Balaban J connectivity index is 1.70. The van der Waals surface area contributed by atoms with Crippen LogP contribution >= 0.6 is 23.4 Å². The number of H-pyrrole nitrogens is 1. The zero-order valence-corrected chi connectivity index (χ0v) is 16.6. The largest absolute Gasteiger partial charge is 0.353 e. The van der Waals surface area contributed by atoms with E-state index in [-0.39, 0.29) is 6.03 Å². The van der Waals surface area contributed by atoms with E-state index in [1.807, 2.05) is 60.9 Å². The van der Waals surface area contributed by atoms with Crippen LogP contribution in [0.3, 0.4) is 0 Å². The molecule has 2 aromatic heterocycles. The summed E-state index contributed by atoms with van der Waals surface area (Å²) in [4.78, 5) is 21.2. The lowest BCUT2D eigenvalue weighted by molar-refractivity contribution is 0.262. The number of rotatable bonds is 4. The molecule has 0 fully saturated rings. The summed E-state index contributed by atoms with van der Waals surface area (Å²) in [6.45, 7) is 0. The number of fused-ring (bicyclic) bond motifs is 1. The number of nitrogens with one attached hydrogen (secondary N) is 3. The van der Waals surface area contributed by atoms with Crippen molar-refractivity contribution in [3.63, 3.8) is 0 Å². The monoisotopic (exact) mass is 408 g/mol. The Bertz CT molecular complexity index is 1140. The smallest absolute Gasteiger partial charge is 0.323 e. The fourth-order valence-electron chi connectivity index (χ4n) is 3.01. The molecule has 0 saturated carbocycles. The Kier molecular flexibility index (Phi) is 5.23. The summed E-state index contributed by atoms with van der Waals surface area (Å²) >= 11 is 7.81. The van der Waals surface area contributed by atoms with Gasteiger partial charge in [-0.2, -0.15) is 0 Å². The van der Waals surface area contributed by atoms with Crippen molar-refractivity contribution in [2.24, 2.45) is 0 Å². The first-order valence-corrected chi connectivity index (χ1v) is 10.2. The van der Waals surface area contributed by atoms with Crippen molar-refractivity contribution >= 4 is 51.7 Å². The van der Waals surface area contributed by atoms with Gasteiger partial charge in [0.2, 0.25) is 0 Å². The Morgan fingerprint density at radius 1 is 1.07 bits per heavy atom. The number of aromatic nitrogens is 2. The number of halogens is 1. The molecule has 0 spiro atoms. The van der Waals surface area contributed by atoms with E-state index in [1.54, 1.807) is 24.2 Å². The van der Waals surface area contributed by atoms with Crippen LogP contribution in [0.4, 0.5) is 16.2 Å². The zero-order valence-electron chi connectivity index (χ0n) is 15.0. The molecule has 0 bridgehead atoms. The van der Waals surface area contributed by atoms with Gasteiger partial charge in [0, 0.05) is 44.5 Å². The topological polar surface area (TPSA) is 69.8 Å². The minimum atomic E-state index is -0.325. The second kappa shape index (κ2) is 7.96. The lowest BCUT2D eigenvalue weighted by Gasteiger charge is -2.10. The second-order valence-electron chi connectivity index (χ2n) is 6.11. The SMILES string of the molecule is CSc1cccc(NC(=O)Nc2c(-c3ccncc3)[nH]c3ccc(Cl)cc23)c1. The number of amides is 2. The van der Waals surface area contributed by atoms with E-state index < -0.39 is 0 Å². The summed E-state index contributed by atoms with van der Waals surface area (Å²) < 4.78 is 0. The van der Waals surface area contributed by atoms with Crippen molar-refractivity contribution in [3.05, 3.63) is 72.0 Å². The number of hydrogen-bond donors (Lipinski definition) is 3. The highest BCUT2D eigenvalue weighted by Gasteiger charge is 2.16. The first kappa shape index (κ1) is 18.4. The summed E-state index contributed by atoms with van der Waals surface area (Å²) in [5.74, 6) is 0. The van der Waals surface area contributed by atoms with Crippen LogP contribution in [0, 0.1) is 0 Å². The number of aromatic amines is 1. The molecule has 4 aromatic rings. The van der Waals surface area contributed by atoms with Gasteiger partial charge < -0.3 is 15.6 Å². The van der Waals surface area contributed by atoms with Gasteiger partial charge in [0.15, 0.2) is 0 Å². The van der Waals surface area contributed by atoms with Gasteiger partial charge in [0.05, 0.1) is 11.4 Å². The Labute approximate surface area is 171 Å². The van der Waals surface area contributed by atoms with Crippen molar-refractivity contribution in [2.75, 3.05) is 16.9 Å². The molecular formula is C21H17ClN4OS. The van der Waals surface area contributed by atoms with Crippen LogP contribution in [0.2, 0.25) is 5.02 Å². The fourth-order valence-corrected chi connectivity index (χ4v) is 3.64. The normalized spacial score (nSPS) is 10.8. The molecule has 0 saturated heterocycles. The van der Waals surface area contributed by atoms with Crippen molar-refractivity contribution in [1.82, 2.24) is 9.97 Å². The maximum absolute atomic E-state index is 12.7. The maximum atomic E-state index is 12.7. The third-order valence-corrected chi connectivity index (χ3v) is 5.26. The van der Waals surface area contributed by atoms with Gasteiger partial charge >= 0.3 is 6.03 Å². The van der Waals surface area contributed by atoms with Gasteiger partial charge in [-0.05, 0) is 54.8 Å². The van der Waals surface area contributed by atoms with Crippen LogP contribution in [0.15, 0.2) is 71.9 Å². The number of thioether (sulfide) groups is 1. The molecule has 0 aliphatic rings. The van der Waals surface area contributed by atoms with E-state index in [0.29, 0.717) is 10.7 Å². The van der Waals surface area contributed by atoms with E-state index in [9.17, 15) is 4.79 Å². The summed E-state index contributed by atoms with van der Waals surface area (Å²) in [6, 6.07) is 16.7. The number of benzene rings is 2. The Morgan fingerprint density at radius 2 is 1.89 bits per heavy atom. The van der Waals surface area contributed by atoms with Crippen LogP contribution in [0.25, 0.3) is 22.2 Å². The first-order chi connectivity index (χ1) is 13.6. The van der Waals surface area contributed by atoms with E-state index in [2.05, 4.69) is 20.6 Å². The molecule has 2 amide bonds. The minimum Gasteiger partial charge on any atom is -0.353 e. The van der Waals surface area contributed by atoms with Gasteiger partial charge in [0.1, 0.15) is 0 Å². The van der Waals surface area contributed by atoms with Crippen LogP contribution in [0.1, 0.15) is 0 Å². The second-order valence-corrected chi connectivity index (χ2v) is 7.43. The van der Waals surface area contributed by atoms with E-state index in [4.69, 9.17) is 11.6 Å². The van der Waals surface area contributed by atoms with Gasteiger partial charge in [0.25, 0.3) is 0 Å². The molecule has 7 heteroatoms. The van der Waals surface area contributed by atoms with Gasteiger partial charge in [-0.15, -0.1) is 11.8 Å². The maximum Gasteiger partial charge on any atom is 0.323 e. The molecular weight excluding hydrogens is 392 g/mol. The van der Waals surface area contributed by atoms with Gasteiger partial charge in [-0.25, -0.2) is 4.79 Å². The van der Waals surface area contributed by atoms with Crippen molar-refractivity contribution < 1.29 is 4.79 Å². The fraction of sp³-hybridized carbons (Fsp3) is 0.0476. The molecule has 5 nitrogen and oxygen atoms in total. The molecule has 0 aliphatic heterocycles. The quantitative estimate of drug-likeness (QED) is 0.349. The van der Waals surface area contributed by atoms with Crippen LogP contribution < -0.4 is 10.6 Å². The Morgan fingerprint density at radius 3 is 2.68 bits per heavy atom. The number of nitrogens with zero attached hydrogens (tertiary/aromatic N) is 1. The highest BCUT2D eigenvalue weighted by atomic mass is 35.5. The summed E-state index contributed by atoms with van der Waals surface area (Å²) in [5, 5.41) is 7.31. The molecule has 3 N–H and O–H groups in total. The summed E-state index contributed by atoms with van der Waals surface area (Å²) in [5.41, 5.74) is 4.00. The number of carbonyl (C=O) groups excluding carboxylic acids is 1. The molecule has 0 unspecified atom stereocenters. The average Bonchev–Trinajstić information content (AvgIpc) is 3.06. The van der Waals surface area contributed by atoms with Gasteiger partial charge in [-0.1, -0.05) is 17.7 Å². The Hall–Kier alpha value is -2.96. The van der Waals surface area contributed by atoms with Crippen LogP contribution in [-0.2, 0) is 0 Å². The number of carbonyl (C=O) groups is 1. The number of pyridine rings is 1. The van der Waals surface area contributed by atoms with Crippen molar-refractivity contribution in [1.29, 1.82) is 0 Å². The third-order valence-electron chi connectivity index (χ3n) is 4.30. The van der Waals surface area contributed by atoms with E-state index in [0.717, 1.165) is 32.7 Å². The van der Waals surface area contributed by atoms with Crippen LogP contribution in [0.5, 0.6) is 0 Å².